The Morgan fingerprint density at radius 1 is 0.941 bits per heavy atom. The molecule has 5 rings (SSSR count). The molecule has 168 valence electrons. The van der Waals surface area contributed by atoms with Gasteiger partial charge in [-0.25, -0.2) is 9.67 Å². The molecule has 5 aromatic rings. The van der Waals surface area contributed by atoms with Crippen LogP contribution in [0.1, 0.15) is 21.7 Å². The molecular formula is C26H21N5O3. The zero-order valence-corrected chi connectivity index (χ0v) is 18.2. The number of hydrogen-bond acceptors (Lipinski definition) is 6. The molecule has 2 aromatic heterocycles. The highest BCUT2D eigenvalue weighted by molar-refractivity contribution is 5.92. The highest BCUT2D eigenvalue weighted by Crippen LogP contribution is 2.22. The summed E-state index contributed by atoms with van der Waals surface area (Å²) in [6.07, 6.45) is 3.14. The molecule has 0 spiro atoms. The van der Waals surface area contributed by atoms with Gasteiger partial charge in [0.25, 0.3) is 5.91 Å². The van der Waals surface area contributed by atoms with Gasteiger partial charge in [-0.3, -0.25) is 4.79 Å². The van der Waals surface area contributed by atoms with Gasteiger partial charge in [-0.05, 0) is 42.0 Å². The second-order valence-corrected chi connectivity index (χ2v) is 7.56. The fourth-order valence-corrected chi connectivity index (χ4v) is 3.37. The third-order valence-corrected chi connectivity index (χ3v) is 5.00. The van der Waals surface area contributed by atoms with Gasteiger partial charge >= 0.3 is 0 Å². The number of carbonyl (C=O) groups excluding carboxylic acids is 1. The number of ether oxygens (including phenoxy) is 1. The van der Waals surface area contributed by atoms with Gasteiger partial charge in [0.1, 0.15) is 23.5 Å². The molecule has 0 aliphatic carbocycles. The monoisotopic (exact) mass is 451 g/mol. The number of amides is 1. The van der Waals surface area contributed by atoms with E-state index >= 15 is 0 Å². The van der Waals surface area contributed by atoms with Gasteiger partial charge < -0.3 is 14.5 Å². The van der Waals surface area contributed by atoms with Crippen molar-refractivity contribution in [2.24, 2.45) is 0 Å². The molecule has 34 heavy (non-hydrogen) atoms. The maximum atomic E-state index is 12.4. The standard InChI is InChI=1S/C26H21N5O3/c32-25(24-18-33-26(28-24)20-9-3-1-4-10-20)27-15-21-17-31(30-29-21)16-19-8-7-13-23(14-19)34-22-11-5-2-6-12-22/h1-14,17-18H,15-16H2,(H,27,32). The van der Waals surface area contributed by atoms with Crippen LogP contribution in [0.4, 0.5) is 0 Å². The first-order chi connectivity index (χ1) is 16.7. The number of benzene rings is 3. The summed E-state index contributed by atoms with van der Waals surface area (Å²) >= 11 is 0. The van der Waals surface area contributed by atoms with Crippen molar-refractivity contribution in [3.8, 4) is 23.0 Å². The van der Waals surface area contributed by atoms with Crippen molar-refractivity contribution in [2.45, 2.75) is 13.1 Å². The quantitative estimate of drug-likeness (QED) is 0.367. The van der Waals surface area contributed by atoms with Crippen LogP contribution in [0.3, 0.4) is 0 Å². The van der Waals surface area contributed by atoms with Crippen molar-refractivity contribution in [3.05, 3.63) is 114 Å². The van der Waals surface area contributed by atoms with E-state index in [0.29, 0.717) is 18.1 Å². The predicted octanol–water partition coefficient (Wildman–Crippen LogP) is 4.70. The van der Waals surface area contributed by atoms with Crippen LogP contribution in [-0.4, -0.2) is 25.9 Å². The Balaban J connectivity index is 1.17. The Morgan fingerprint density at radius 3 is 2.53 bits per heavy atom. The van der Waals surface area contributed by atoms with E-state index in [4.69, 9.17) is 9.15 Å². The van der Waals surface area contributed by atoms with E-state index in [2.05, 4.69) is 20.6 Å². The third-order valence-electron chi connectivity index (χ3n) is 5.00. The Labute approximate surface area is 195 Å². The zero-order valence-electron chi connectivity index (χ0n) is 18.2. The highest BCUT2D eigenvalue weighted by Gasteiger charge is 2.14. The lowest BCUT2D eigenvalue weighted by molar-refractivity contribution is 0.0945. The van der Waals surface area contributed by atoms with Crippen LogP contribution in [0.25, 0.3) is 11.5 Å². The van der Waals surface area contributed by atoms with E-state index in [1.807, 2.05) is 84.9 Å². The molecule has 0 bridgehead atoms. The molecule has 0 saturated heterocycles. The van der Waals surface area contributed by atoms with Gasteiger partial charge in [0.05, 0.1) is 19.3 Å². The van der Waals surface area contributed by atoms with E-state index in [-0.39, 0.29) is 18.1 Å². The van der Waals surface area contributed by atoms with E-state index < -0.39 is 0 Å². The number of nitrogens with zero attached hydrogens (tertiary/aromatic N) is 4. The number of carbonyl (C=O) groups is 1. The van der Waals surface area contributed by atoms with E-state index in [1.54, 1.807) is 10.9 Å². The van der Waals surface area contributed by atoms with Gasteiger partial charge in [0, 0.05) is 5.56 Å². The molecule has 8 heteroatoms. The fraction of sp³-hybridized carbons (Fsp3) is 0.0769. The summed E-state index contributed by atoms with van der Waals surface area (Å²) in [7, 11) is 0. The maximum Gasteiger partial charge on any atom is 0.273 e. The molecule has 1 amide bonds. The van der Waals surface area contributed by atoms with E-state index in [1.165, 1.54) is 6.26 Å². The van der Waals surface area contributed by atoms with Gasteiger partial charge in [0.2, 0.25) is 5.89 Å². The SMILES string of the molecule is O=C(NCc1cn(Cc2cccc(Oc3ccccc3)c2)nn1)c1coc(-c2ccccc2)n1. The Morgan fingerprint density at radius 2 is 1.71 bits per heavy atom. The molecule has 2 heterocycles. The molecule has 0 fully saturated rings. The lowest BCUT2D eigenvalue weighted by atomic mass is 10.2. The normalized spacial score (nSPS) is 10.7. The topological polar surface area (TPSA) is 95.1 Å². The number of nitrogens with one attached hydrogen (secondary N) is 1. The van der Waals surface area contributed by atoms with Crippen molar-refractivity contribution in [3.63, 3.8) is 0 Å². The summed E-state index contributed by atoms with van der Waals surface area (Å²) in [5.41, 5.74) is 2.67. The number of aromatic nitrogens is 4. The number of oxazole rings is 1. The molecule has 0 aliphatic heterocycles. The average Bonchev–Trinajstić information content (AvgIpc) is 3.54. The Hall–Kier alpha value is -4.72. The molecular weight excluding hydrogens is 430 g/mol. The number of rotatable bonds is 8. The maximum absolute atomic E-state index is 12.4. The van der Waals surface area contributed by atoms with Crippen LogP contribution in [0.15, 0.2) is 102 Å². The number of para-hydroxylation sites is 1. The van der Waals surface area contributed by atoms with Crippen LogP contribution in [0, 0.1) is 0 Å². The molecule has 8 nitrogen and oxygen atoms in total. The minimum Gasteiger partial charge on any atom is -0.457 e. The smallest absolute Gasteiger partial charge is 0.273 e. The highest BCUT2D eigenvalue weighted by atomic mass is 16.5. The first kappa shape index (κ1) is 21.1. The third kappa shape index (κ3) is 5.18. The molecule has 0 aliphatic rings. The number of hydrogen-bond donors (Lipinski definition) is 1. The lowest BCUT2D eigenvalue weighted by Gasteiger charge is -2.07. The minimum atomic E-state index is -0.341. The first-order valence-corrected chi connectivity index (χ1v) is 10.7. The lowest BCUT2D eigenvalue weighted by Crippen LogP contribution is -2.23. The summed E-state index contributed by atoms with van der Waals surface area (Å²) in [6, 6.07) is 26.8. The average molecular weight is 451 g/mol. The van der Waals surface area contributed by atoms with Crippen molar-refractivity contribution < 1.29 is 13.9 Å². The summed E-state index contributed by atoms with van der Waals surface area (Å²) in [5, 5.41) is 11.1. The fourth-order valence-electron chi connectivity index (χ4n) is 3.37. The molecule has 0 radical (unpaired) electrons. The summed E-state index contributed by atoms with van der Waals surface area (Å²) in [6.45, 7) is 0.750. The molecule has 0 unspecified atom stereocenters. The van der Waals surface area contributed by atoms with Crippen LogP contribution in [0.2, 0.25) is 0 Å². The largest absolute Gasteiger partial charge is 0.457 e. The molecule has 1 N–H and O–H groups in total. The predicted molar refractivity (Wildman–Crippen MR) is 125 cm³/mol. The van der Waals surface area contributed by atoms with Gasteiger partial charge in [-0.1, -0.05) is 53.7 Å². The van der Waals surface area contributed by atoms with Crippen LogP contribution < -0.4 is 10.1 Å². The zero-order chi connectivity index (χ0) is 23.2. The molecule has 3 aromatic carbocycles. The van der Waals surface area contributed by atoms with Crippen LogP contribution >= 0.6 is 0 Å². The van der Waals surface area contributed by atoms with Crippen LogP contribution in [0.5, 0.6) is 11.5 Å². The second-order valence-electron chi connectivity index (χ2n) is 7.56. The van der Waals surface area contributed by atoms with Crippen molar-refractivity contribution in [2.75, 3.05) is 0 Å². The van der Waals surface area contributed by atoms with Gasteiger partial charge in [-0.15, -0.1) is 5.10 Å². The first-order valence-electron chi connectivity index (χ1n) is 10.7. The van der Waals surface area contributed by atoms with Crippen molar-refractivity contribution in [1.82, 2.24) is 25.3 Å². The van der Waals surface area contributed by atoms with E-state index in [0.717, 1.165) is 22.6 Å². The van der Waals surface area contributed by atoms with Crippen molar-refractivity contribution >= 4 is 5.91 Å². The van der Waals surface area contributed by atoms with Gasteiger partial charge in [0.15, 0.2) is 5.69 Å². The molecule has 0 atom stereocenters. The minimum absolute atomic E-state index is 0.210. The van der Waals surface area contributed by atoms with E-state index in [9.17, 15) is 4.79 Å². The Bertz CT molecular complexity index is 1380. The summed E-state index contributed by atoms with van der Waals surface area (Å²) in [5.74, 6) is 1.58. The Kier molecular flexibility index (Phi) is 6.11. The summed E-state index contributed by atoms with van der Waals surface area (Å²) < 4.78 is 13.0. The van der Waals surface area contributed by atoms with Crippen molar-refractivity contribution in [1.29, 1.82) is 0 Å². The summed E-state index contributed by atoms with van der Waals surface area (Å²) in [4.78, 5) is 16.7. The van der Waals surface area contributed by atoms with Crippen LogP contribution in [-0.2, 0) is 13.1 Å². The molecule has 0 saturated carbocycles. The second kappa shape index (κ2) is 9.83. The van der Waals surface area contributed by atoms with Gasteiger partial charge in [-0.2, -0.15) is 0 Å².